The fourth-order valence-electron chi connectivity index (χ4n) is 2.18. The van der Waals surface area contributed by atoms with Crippen LogP contribution in [0.15, 0.2) is 23.1 Å². The largest absolute Gasteiger partial charge is 0.493 e. The lowest BCUT2D eigenvalue weighted by atomic mass is 10.2. The third-order valence-electron chi connectivity index (χ3n) is 3.72. The van der Waals surface area contributed by atoms with E-state index in [9.17, 15) is 4.79 Å². The van der Waals surface area contributed by atoms with Gasteiger partial charge in [0.2, 0.25) is 5.91 Å². The molecule has 5 nitrogen and oxygen atoms in total. The maximum Gasteiger partial charge on any atom is 0.220 e. The van der Waals surface area contributed by atoms with E-state index in [0.717, 1.165) is 10.6 Å². The van der Waals surface area contributed by atoms with E-state index < -0.39 is 0 Å². The van der Waals surface area contributed by atoms with Crippen molar-refractivity contribution in [2.24, 2.45) is 11.7 Å². The Bertz CT molecular complexity index is 512. The summed E-state index contributed by atoms with van der Waals surface area (Å²) >= 11 is 1.62. The lowest BCUT2D eigenvalue weighted by Gasteiger charge is -2.12. The van der Waals surface area contributed by atoms with Gasteiger partial charge in [-0.05, 0) is 37.0 Å². The molecule has 0 radical (unpaired) electrons. The highest BCUT2D eigenvalue weighted by atomic mass is 35.5. The fourth-order valence-corrected chi connectivity index (χ4v) is 3.06. The van der Waals surface area contributed by atoms with E-state index in [1.807, 2.05) is 18.2 Å². The summed E-state index contributed by atoms with van der Waals surface area (Å²) in [6.45, 7) is 0.588. The molecule has 130 valence electrons. The van der Waals surface area contributed by atoms with Crippen LogP contribution in [0.1, 0.15) is 19.3 Å². The molecule has 1 aliphatic rings. The number of hydrogen-bond acceptors (Lipinski definition) is 5. The van der Waals surface area contributed by atoms with Crippen LogP contribution in [0.2, 0.25) is 0 Å². The Balaban J connectivity index is 0.00000264. The highest BCUT2D eigenvalue weighted by Crippen LogP contribution is 2.32. The fraction of sp³-hybridized carbons (Fsp3) is 0.562. The number of carbonyl (C=O) groups excluding carboxylic acids is 1. The summed E-state index contributed by atoms with van der Waals surface area (Å²) in [6, 6.07) is 5.87. The molecule has 2 rings (SSSR count). The second-order valence-electron chi connectivity index (χ2n) is 5.42. The molecule has 0 aliphatic heterocycles. The van der Waals surface area contributed by atoms with E-state index >= 15 is 0 Å². The molecule has 1 aromatic carbocycles. The van der Waals surface area contributed by atoms with Crippen LogP contribution < -0.4 is 20.5 Å². The number of thioether (sulfide) groups is 1. The first-order chi connectivity index (χ1) is 10.6. The minimum atomic E-state index is 0. The molecule has 0 heterocycles. The Morgan fingerprint density at radius 3 is 2.65 bits per heavy atom. The van der Waals surface area contributed by atoms with E-state index in [0.29, 0.717) is 30.4 Å². The number of nitrogens with two attached hydrogens (primary N) is 1. The SMILES string of the molecule is COc1ccc(SCCC(=O)NCC(N)C2CC2)cc1OC.Cl. The quantitative estimate of drug-likeness (QED) is 0.662. The molecule has 1 atom stereocenters. The number of rotatable bonds is 9. The predicted octanol–water partition coefficient (Wildman–Crippen LogP) is 2.46. The number of ether oxygens (including phenoxy) is 2. The van der Waals surface area contributed by atoms with Crippen molar-refractivity contribution in [1.82, 2.24) is 5.32 Å². The van der Waals surface area contributed by atoms with E-state index in [-0.39, 0.29) is 24.4 Å². The topological polar surface area (TPSA) is 73.6 Å². The molecule has 0 saturated heterocycles. The van der Waals surface area contributed by atoms with Crippen LogP contribution in [0.3, 0.4) is 0 Å². The molecule has 1 fully saturated rings. The smallest absolute Gasteiger partial charge is 0.220 e. The Morgan fingerprint density at radius 2 is 2.04 bits per heavy atom. The van der Waals surface area contributed by atoms with Gasteiger partial charge in [0.25, 0.3) is 0 Å². The molecular weight excluding hydrogens is 336 g/mol. The second-order valence-corrected chi connectivity index (χ2v) is 6.59. The van der Waals surface area contributed by atoms with Gasteiger partial charge < -0.3 is 20.5 Å². The molecule has 7 heteroatoms. The van der Waals surface area contributed by atoms with Crippen molar-refractivity contribution in [3.8, 4) is 11.5 Å². The number of halogens is 1. The van der Waals surface area contributed by atoms with Gasteiger partial charge in [-0.25, -0.2) is 0 Å². The van der Waals surface area contributed by atoms with Gasteiger partial charge in [0.15, 0.2) is 11.5 Å². The van der Waals surface area contributed by atoms with Gasteiger partial charge in [-0.15, -0.1) is 24.2 Å². The van der Waals surface area contributed by atoms with Crippen LogP contribution in [-0.2, 0) is 4.79 Å². The minimum absolute atomic E-state index is 0. The monoisotopic (exact) mass is 360 g/mol. The summed E-state index contributed by atoms with van der Waals surface area (Å²) in [6.07, 6.45) is 2.88. The third kappa shape index (κ3) is 6.49. The van der Waals surface area contributed by atoms with Crippen molar-refractivity contribution in [3.05, 3.63) is 18.2 Å². The third-order valence-corrected chi connectivity index (χ3v) is 4.71. The van der Waals surface area contributed by atoms with Crippen LogP contribution in [0.25, 0.3) is 0 Å². The molecule has 1 amide bonds. The van der Waals surface area contributed by atoms with Crippen molar-refractivity contribution in [2.45, 2.75) is 30.2 Å². The van der Waals surface area contributed by atoms with Gasteiger partial charge in [-0.2, -0.15) is 0 Å². The molecule has 1 aromatic rings. The molecule has 23 heavy (non-hydrogen) atoms. The number of carbonyl (C=O) groups is 1. The molecule has 1 saturated carbocycles. The van der Waals surface area contributed by atoms with Crippen molar-refractivity contribution in [3.63, 3.8) is 0 Å². The summed E-state index contributed by atoms with van der Waals surface area (Å²) < 4.78 is 10.5. The van der Waals surface area contributed by atoms with E-state index in [1.54, 1.807) is 26.0 Å². The maximum absolute atomic E-state index is 11.8. The average molecular weight is 361 g/mol. The Kier molecular flexibility index (Phi) is 8.58. The molecule has 0 bridgehead atoms. The van der Waals surface area contributed by atoms with E-state index in [4.69, 9.17) is 15.2 Å². The lowest BCUT2D eigenvalue weighted by molar-refractivity contribution is -0.120. The van der Waals surface area contributed by atoms with Crippen molar-refractivity contribution in [1.29, 1.82) is 0 Å². The molecule has 1 unspecified atom stereocenters. The molecular formula is C16H25ClN2O3S. The molecule has 0 aromatic heterocycles. The highest BCUT2D eigenvalue weighted by molar-refractivity contribution is 7.99. The van der Waals surface area contributed by atoms with Crippen LogP contribution in [0.5, 0.6) is 11.5 Å². The van der Waals surface area contributed by atoms with E-state index in [1.165, 1.54) is 12.8 Å². The number of nitrogens with one attached hydrogen (secondary N) is 1. The van der Waals surface area contributed by atoms with Gasteiger partial charge in [-0.1, -0.05) is 0 Å². The zero-order valence-corrected chi connectivity index (χ0v) is 15.2. The van der Waals surface area contributed by atoms with Crippen LogP contribution in [-0.4, -0.2) is 38.5 Å². The number of hydrogen-bond donors (Lipinski definition) is 2. The standard InChI is InChI=1S/C16H24N2O3S.ClH/c1-20-14-6-5-12(9-15(14)21-2)22-8-7-16(19)18-10-13(17)11-3-4-11;/h5-6,9,11,13H,3-4,7-8,10,17H2,1-2H3,(H,18,19);1H. The second kappa shape index (κ2) is 9.90. The van der Waals surface area contributed by atoms with Crippen molar-refractivity contribution < 1.29 is 14.3 Å². The van der Waals surface area contributed by atoms with Gasteiger partial charge in [0, 0.05) is 29.7 Å². The Morgan fingerprint density at radius 1 is 1.35 bits per heavy atom. The number of methoxy groups -OCH3 is 2. The van der Waals surface area contributed by atoms with Gasteiger partial charge in [0.05, 0.1) is 14.2 Å². The Hall–Kier alpha value is -1.11. The zero-order valence-electron chi connectivity index (χ0n) is 13.5. The summed E-state index contributed by atoms with van der Waals surface area (Å²) in [4.78, 5) is 12.8. The van der Waals surface area contributed by atoms with Gasteiger partial charge in [-0.3, -0.25) is 4.79 Å². The van der Waals surface area contributed by atoms with Crippen LogP contribution in [0, 0.1) is 5.92 Å². The summed E-state index contributed by atoms with van der Waals surface area (Å²) in [5, 5.41) is 2.91. The molecule has 1 aliphatic carbocycles. The van der Waals surface area contributed by atoms with Crippen molar-refractivity contribution in [2.75, 3.05) is 26.5 Å². The summed E-state index contributed by atoms with van der Waals surface area (Å²) in [5.41, 5.74) is 5.96. The van der Waals surface area contributed by atoms with Crippen molar-refractivity contribution >= 4 is 30.1 Å². The van der Waals surface area contributed by atoms with E-state index in [2.05, 4.69) is 5.32 Å². The minimum Gasteiger partial charge on any atom is -0.493 e. The number of amides is 1. The van der Waals surface area contributed by atoms with Crippen LogP contribution in [0.4, 0.5) is 0 Å². The Labute approximate surface area is 148 Å². The highest BCUT2D eigenvalue weighted by Gasteiger charge is 2.28. The first-order valence-electron chi connectivity index (χ1n) is 7.51. The summed E-state index contributed by atoms with van der Waals surface area (Å²) in [5.74, 6) is 2.80. The maximum atomic E-state index is 11.8. The summed E-state index contributed by atoms with van der Waals surface area (Å²) in [7, 11) is 3.23. The number of benzene rings is 1. The zero-order chi connectivity index (χ0) is 15.9. The normalized spacial score (nSPS) is 14.6. The predicted molar refractivity (Wildman–Crippen MR) is 95.8 cm³/mol. The van der Waals surface area contributed by atoms with Gasteiger partial charge >= 0.3 is 0 Å². The first kappa shape index (κ1) is 19.9. The lowest BCUT2D eigenvalue weighted by Crippen LogP contribution is -2.38. The van der Waals surface area contributed by atoms with Gasteiger partial charge in [0.1, 0.15) is 0 Å². The average Bonchev–Trinajstić information content (AvgIpc) is 3.37. The van der Waals surface area contributed by atoms with Crippen LogP contribution >= 0.6 is 24.2 Å². The first-order valence-corrected chi connectivity index (χ1v) is 8.49. The molecule has 3 N–H and O–H groups in total. The molecule has 0 spiro atoms.